The molecule has 0 aliphatic carbocycles. The molecule has 0 aliphatic heterocycles. The normalized spacial score (nSPS) is 9.80. The molecule has 1 radical (unpaired) electrons. The summed E-state index contributed by atoms with van der Waals surface area (Å²) in [7, 11) is 0. The predicted molar refractivity (Wildman–Crippen MR) is 37.1 cm³/mol. The number of phenols is 1. The van der Waals surface area contributed by atoms with E-state index in [0.29, 0.717) is 12.0 Å². The molecule has 10 heavy (non-hydrogen) atoms. The highest BCUT2D eigenvalue weighted by Gasteiger charge is 1.98. The first-order valence-electron chi connectivity index (χ1n) is 3.00. The summed E-state index contributed by atoms with van der Waals surface area (Å²) in [5, 5.41) is 8.77. The molecular formula is C8H8FO. The number of hydrogen-bond donors (Lipinski definition) is 1. The lowest BCUT2D eigenvalue weighted by Crippen LogP contribution is -1.85. The van der Waals surface area contributed by atoms with Crippen LogP contribution >= 0.6 is 0 Å². The molecule has 0 unspecified atom stereocenters. The van der Waals surface area contributed by atoms with Crippen LogP contribution in [-0.2, 0) is 6.42 Å². The molecule has 0 spiro atoms. The van der Waals surface area contributed by atoms with Gasteiger partial charge in [-0.25, -0.2) is 4.39 Å². The van der Waals surface area contributed by atoms with E-state index in [4.69, 9.17) is 5.11 Å². The average Bonchev–Trinajstić information content (AvgIpc) is 1.88. The van der Waals surface area contributed by atoms with Crippen LogP contribution in [0, 0.1) is 12.7 Å². The molecule has 0 saturated heterocycles. The van der Waals surface area contributed by atoms with Crippen molar-refractivity contribution in [1.29, 1.82) is 0 Å². The lowest BCUT2D eigenvalue weighted by molar-refractivity contribution is 0.468. The van der Waals surface area contributed by atoms with Crippen molar-refractivity contribution in [2.24, 2.45) is 0 Å². The van der Waals surface area contributed by atoms with E-state index in [0.717, 1.165) is 6.07 Å². The molecule has 0 saturated carbocycles. The van der Waals surface area contributed by atoms with E-state index in [1.54, 1.807) is 0 Å². The largest absolute Gasteiger partial charge is 0.508 e. The van der Waals surface area contributed by atoms with Crippen molar-refractivity contribution in [3.8, 4) is 5.75 Å². The SMILES string of the molecule is [CH2]Cc1ccc(O)cc1F. The quantitative estimate of drug-likeness (QED) is 0.630. The molecule has 1 aromatic rings. The number of hydrogen-bond acceptors (Lipinski definition) is 1. The molecule has 0 atom stereocenters. The molecule has 2 heteroatoms. The molecule has 0 aromatic heterocycles. The Kier molecular flexibility index (Phi) is 1.90. The molecule has 0 bridgehead atoms. The zero-order valence-corrected chi connectivity index (χ0v) is 5.47. The Labute approximate surface area is 59.1 Å². The molecule has 53 valence electrons. The van der Waals surface area contributed by atoms with Crippen LogP contribution in [0.4, 0.5) is 4.39 Å². The van der Waals surface area contributed by atoms with Crippen LogP contribution in [0.25, 0.3) is 0 Å². The van der Waals surface area contributed by atoms with Gasteiger partial charge in [0, 0.05) is 6.07 Å². The summed E-state index contributed by atoms with van der Waals surface area (Å²) in [6.45, 7) is 3.52. The second-order valence-electron chi connectivity index (χ2n) is 2.03. The maximum atomic E-state index is 12.7. The van der Waals surface area contributed by atoms with Crippen LogP contribution < -0.4 is 0 Å². The van der Waals surface area contributed by atoms with E-state index in [1.165, 1.54) is 12.1 Å². The molecule has 1 rings (SSSR count). The fourth-order valence-corrected chi connectivity index (χ4v) is 0.739. The summed E-state index contributed by atoms with van der Waals surface area (Å²) >= 11 is 0. The third-order valence-corrected chi connectivity index (χ3v) is 1.31. The highest BCUT2D eigenvalue weighted by atomic mass is 19.1. The van der Waals surface area contributed by atoms with E-state index >= 15 is 0 Å². The topological polar surface area (TPSA) is 20.2 Å². The predicted octanol–water partition coefficient (Wildman–Crippen LogP) is 1.91. The Balaban J connectivity index is 3.07. The highest BCUT2D eigenvalue weighted by Crippen LogP contribution is 2.14. The second-order valence-corrected chi connectivity index (χ2v) is 2.03. The fourth-order valence-electron chi connectivity index (χ4n) is 0.739. The minimum atomic E-state index is -0.394. The van der Waals surface area contributed by atoms with E-state index < -0.39 is 5.82 Å². The van der Waals surface area contributed by atoms with E-state index in [9.17, 15) is 4.39 Å². The lowest BCUT2D eigenvalue weighted by atomic mass is 10.1. The first kappa shape index (κ1) is 7.06. The summed E-state index contributed by atoms with van der Waals surface area (Å²) in [6.07, 6.45) is 0.409. The van der Waals surface area contributed by atoms with Gasteiger partial charge in [0.15, 0.2) is 0 Å². The number of aromatic hydroxyl groups is 1. The molecule has 0 aliphatic rings. The zero-order chi connectivity index (χ0) is 7.56. The van der Waals surface area contributed by atoms with Crippen LogP contribution in [0.3, 0.4) is 0 Å². The van der Waals surface area contributed by atoms with Gasteiger partial charge in [-0.3, -0.25) is 0 Å². The van der Waals surface area contributed by atoms with Crippen LogP contribution in [-0.4, -0.2) is 5.11 Å². The van der Waals surface area contributed by atoms with Gasteiger partial charge in [0.05, 0.1) is 0 Å². The van der Waals surface area contributed by atoms with Crippen molar-refractivity contribution in [2.45, 2.75) is 6.42 Å². The highest BCUT2D eigenvalue weighted by molar-refractivity contribution is 5.27. The summed E-state index contributed by atoms with van der Waals surface area (Å²) in [6, 6.07) is 4.06. The van der Waals surface area contributed by atoms with Crippen molar-refractivity contribution >= 4 is 0 Å². The van der Waals surface area contributed by atoms with Crippen LogP contribution in [0.1, 0.15) is 5.56 Å². The van der Waals surface area contributed by atoms with Gasteiger partial charge in [-0.2, -0.15) is 0 Å². The summed E-state index contributed by atoms with van der Waals surface area (Å²) in [4.78, 5) is 0. The van der Waals surface area contributed by atoms with Crippen LogP contribution in [0.15, 0.2) is 18.2 Å². The van der Waals surface area contributed by atoms with Gasteiger partial charge in [-0.1, -0.05) is 6.07 Å². The average molecular weight is 139 g/mol. The molecular weight excluding hydrogens is 131 g/mol. The van der Waals surface area contributed by atoms with Gasteiger partial charge >= 0.3 is 0 Å². The van der Waals surface area contributed by atoms with Gasteiger partial charge in [0.25, 0.3) is 0 Å². The van der Waals surface area contributed by atoms with Gasteiger partial charge in [-0.15, -0.1) is 0 Å². The van der Waals surface area contributed by atoms with E-state index in [-0.39, 0.29) is 5.75 Å². The minimum Gasteiger partial charge on any atom is -0.508 e. The number of benzene rings is 1. The van der Waals surface area contributed by atoms with Crippen LogP contribution in [0.2, 0.25) is 0 Å². The molecule has 0 fully saturated rings. The maximum absolute atomic E-state index is 12.7. The Bertz CT molecular complexity index is 233. The fraction of sp³-hybridized carbons (Fsp3) is 0.125. The standard InChI is InChI=1S/C8H8FO/c1-2-6-3-4-7(10)5-8(6)9/h3-5,10H,1-2H2. The minimum absolute atomic E-state index is 0.0466. The zero-order valence-electron chi connectivity index (χ0n) is 5.47. The van der Waals surface area contributed by atoms with Crippen molar-refractivity contribution < 1.29 is 9.50 Å². The Morgan fingerprint density at radius 3 is 2.70 bits per heavy atom. The monoisotopic (exact) mass is 139 g/mol. The summed E-state index contributed by atoms with van der Waals surface area (Å²) in [5.74, 6) is -0.440. The molecule has 1 nitrogen and oxygen atoms in total. The van der Waals surface area contributed by atoms with Crippen molar-refractivity contribution in [3.05, 3.63) is 36.5 Å². The molecule has 1 N–H and O–H groups in total. The summed E-state index contributed by atoms with van der Waals surface area (Å²) < 4.78 is 12.7. The molecule has 1 aromatic carbocycles. The molecule has 0 heterocycles. The first-order chi connectivity index (χ1) is 4.74. The Morgan fingerprint density at radius 2 is 2.20 bits per heavy atom. The van der Waals surface area contributed by atoms with Gasteiger partial charge in [0.1, 0.15) is 11.6 Å². The van der Waals surface area contributed by atoms with Gasteiger partial charge in [-0.05, 0) is 25.0 Å². The summed E-state index contributed by atoms with van der Waals surface area (Å²) in [5.41, 5.74) is 0.526. The smallest absolute Gasteiger partial charge is 0.130 e. The van der Waals surface area contributed by atoms with E-state index in [1.807, 2.05) is 0 Å². The third kappa shape index (κ3) is 1.26. The van der Waals surface area contributed by atoms with Crippen molar-refractivity contribution in [1.82, 2.24) is 0 Å². The van der Waals surface area contributed by atoms with Gasteiger partial charge in [0.2, 0.25) is 0 Å². The first-order valence-corrected chi connectivity index (χ1v) is 3.00. The van der Waals surface area contributed by atoms with E-state index in [2.05, 4.69) is 6.92 Å². The number of halogens is 1. The Morgan fingerprint density at radius 1 is 1.50 bits per heavy atom. The van der Waals surface area contributed by atoms with Gasteiger partial charge < -0.3 is 5.11 Å². The lowest BCUT2D eigenvalue weighted by Gasteiger charge is -1.97. The number of rotatable bonds is 1. The number of phenolic OH excluding ortho intramolecular Hbond substituents is 1. The van der Waals surface area contributed by atoms with Crippen molar-refractivity contribution in [2.75, 3.05) is 0 Å². The maximum Gasteiger partial charge on any atom is 0.130 e. The molecule has 0 amide bonds. The van der Waals surface area contributed by atoms with Crippen molar-refractivity contribution in [3.63, 3.8) is 0 Å². The van der Waals surface area contributed by atoms with Crippen LogP contribution in [0.5, 0.6) is 5.75 Å². The Hall–Kier alpha value is -1.05. The second kappa shape index (κ2) is 2.69. The third-order valence-electron chi connectivity index (χ3n) is 1.31.